The van der Waals surface area contributed by atoms with Crippen LogP contribution in [-0.4, -0.2) is 22.1 Å². The molecule has 0 aromatic carbocycles. The van der Waals surface area contributed by atoms with Crippen molar-refractivity contribution in [2.75, 3.05) is 0 Å². The van der Waals surface area contributed by atoms with E-state index in [1.807, 2.05) is 0 Å². The van der Waals surface area contributed by atoms with Crippen LogP contribution in [-0.2, 0) is 0 Å². The molecule has 1 heteroatoms. The molecule has 0 radical (unpaired) electrons. The van der Waals surface area contributed by atoms with Gasteiger partial charge in [0.2, 0.25) is 0 Å². The molecule has 0 heterocycles. The predicted molar refractivity (Wildman–Crippen MR) is 109 cm³/mol. The molecule has 3 rings (SSSR count). The van der Waals surface area contributed by atoms with Crippen molar-refractivity contribution in [3.63, 3.8) is 0 Å². The minimum absolute atomic E-state index is 0.624. The van der Waals surface area contributed by atoms with Crippen LogP contribution in [0.15, 0.2) is 0 Å². The van der Waals surface area contributed by atoms with Crippen LogP contribution in [0.4, 0.5) is 0 Å². The van der Waals surface area contributed by atoms with E-state index < -0.39 is 7.26 Å². The van der Waals surface area contributed by atoms with Crippen molar-refractivity contribution in [3.8, 4) is 0 Å². The molecule has 23 heavy (non-hydrogen) atoms. The van der Waals surface area contributed by atoms with Gasteiger partial charge in [0.25, 0.3) is 0 Å². The molecule has 0 nitrogen and oxygen atoms in total. The Balaban J connectivity index is 1.99. The quantitative estimate of drug-likeness (QED) is 0.466. The fraction of sp³-hybridized carbons (Fsp3) is 1.00. The van der Waals surface area contributed by atoms with Crippen molar-refractivity contribution in [2.45, 2.75) is 139 Å². The Hall–Kier alpha value is 0.430. The second-order valence-corrected chi connectivity index (χ2v) is 16.0. The van der Waals surface area contributed by atoms with Crippen molar-refractivity contribution in [3.05, 3.63) is 0 Å². The Bertz CT molecular complexity index is 303. The third-order valence-corrected chi connectivity index (χ3v) is 16.5. The Morgan fingerprint density at radius 3 is 0.957 bits per heavy atom. The molecule has 0 spiro atoms. The van der Waals surface area contributed by atoms with Gasteiger partial charge in [-0.15, -0.1) is 0 Å². The van der Waals surface area contributed by atoms with Gasteiger partial charge in [-0.05, 0) is 0 Å². The first-order valence-corrected chi connectivity index (χ1v) is 13.3. The standard InChI is InChI=1S/C22H43P/c1-22(2,3)23(19-13-7-4-8-14-19,20-15-9-5-10-16-20)21-17-11-6-12-18-21/h19-21,23H,4-18H2,1-3H3. The molecule has 0 aliphatic heterocycles. The van der Waals surface area contributed by atoms with E-state index in [0.29, 0.717) is 5.16 Å². The molecule has 0 atom stereocenters. The first-order valence-electron chi connectivity index (χ1n) is 11.1. The summed E-state index contributed by atoms with van der Waals surface area (Å²) in [5.41, 5.74) is 3.51. The van der Waals surface area contributed by atoms with E-state index >= 15 is 0 Å². The molecule has 0 amide bonds. The summed E-state index contributed by atoms with van der Waals surface area (Å²) in [5, 5.41) is 0.624. The van der Waals surface area contributed by atoms with Gasteiger partial charge in [-0.2, -0.15) is 0 Å². The predicted octanol–water partition coefficient (Wildman–Crippen LogP) is 7.53. The zero-order chi connectivity index (χ0) is 16.3. The summed E-state index contributed by atoms with van der Waals surface area (Å²) in [6.07, 6.45) is 23.5. The van der Waals surface area contributed by atoms with Gasteiger partial charge in [-0.3, -0.25) is 0 Å². The van der Waals surface area contributed by atoms with Gasteiger partial charge < -0.3 is 0 Å². The average molecular weight is 339 g/mol. The molecule has 0 aromatic rings. The van der Waals surface area contributed by atoms with Crippen molar-refractivity contribution >= 4 is 7.26 Å². The van der Waals surface area contributed by atoms with Gasteiger partial charge in [-0.25, -0.2) is 0 Å². The van der Waals surface area contributed by atoms with Crippen LogP contribution in [0.3, 0.4) is 0 Å². The number of hydrogen-bond acceptors (Lipinski definition) is 0. The summed E-state index contributed by atoms with van der Waals surface area (Å²) in [6, 6.07) is 0. The van der Waals surface area contributed by atoms with Crippen molar-refractivity contribution in [2.24, 2.45) is 0 Å². The van der Waals surface area contributed by atoms with Crippen LogP contribution in [0, 0.1) is 0 Å². The third-order valence-electron chi connectivity index (χ3n) is 8.14. The molecule has 3 aliphatic carbocycles. The second kappa shape index (κ2) is 7.76. The van der Waals surface area contributed by atoms with Gasteiger partial charge in [0.05, 0.1) is 0 Å². The van der Waals surface area contributed by atoms with Crippen LogP contribution >= 0.6 is 7.26 Å². The van der Waals surface area contributed by atoms with E-state index in [1.165, 1.54) is 36.2 Å². The van der Waals surface area contributed by atoms with E-state index in [1.54, 1.807) is 77.0 Å². The van der Waals surface area contributed by atoms with E-state index in [2.05, 4.69) is 20.8 Å². The zero-order valence-electron chi connectivity index (χ0n) is 16.3. The molecule has 3 fully saturated rings. The minimum atomic E-state index is -1.29. The van der Waals surface area contributed by atoms with Crippen LogP contribution in [0.2, 0.25) is 0 Å². The molecule has 136 valence electrons. The van der Waals surface area contributed by atoms with Gasteiger partial charge in [0.15, 0.2) is 0 Å². The Morgan fingerprint density at radius 2 is 0.739 bits per heavy atom. The van der Waals surface area contributed by atoms with Crippen LogP contribution in [0.1, 0.15) is 117 Å². The van der Waals surface area contributed by atoms with E-state index in [4.69, 9.17) is 0 Å². The summed E-state index contributed by atoms with van der Waals surface area (Å²) in [6.45, 7) is 8.07. The van der Waals surface area contributed by atoms with Gasteiger partial charge in [-0.1, -0.05) is 0 Å². The summed E-state index contributed by atoms with van der Waals surface area (Å²) in [7, 11) is -1.29. The molecule has 0 bridgehead atoms. The average Bonchev–Trinajstić information content (AvgIpc) is 2.57. The number of hydrogen-bond donors (Lipinski definition) is 0. The molecule has 0 unspecified atom stereocenters. The van der Waals surface area contributed by atoms with Gasteiger partial charge in [0.1, 0.15) is 0 Å². The fourth-order valence-electron chi connectivity index (χ4n) is 7.58. The van der Waals surface area contributed by atoms with Crippen LogP contribution in [0.25, 0.3) is 0 Å². The molecule has 3 aliphatic rings. The maximum absolute atomic E-state index is 2.69. The Labute approximate surface area is 146 Å². The Kier molecular flexibility index (Phi) is 6.15. The van der Waals surface area contributed by atoms with E-state index in [-0.39, 0.29) is 0 Å². The second-order valence-electron chi connectivity index (χ2n) is 10.2. The first kappa shape index (κ1) is 18.2. The first-order chi connectivity index (χ1) is 11.1. The summed E-state index contributed by atoms with van der Waals surface area (Å²) in [5.74, 6) is 0. The van der Waals surface area contributed by atoms with E-state index in [0.717, 1.165) is 0 Å². The monoisotopic (exact) mass is 338 g/mol. The molecular formula is C22H43P. The van der Waals surface area contributed by atoms with E-state index in [9.17, 15) is 0 Å². The fourth-order valence-corrected chi connectivity index (χ4v) is 17.3. The Morgan fingerprint density at radius 1 is 0.478 bits per heavy atom. The molecule has 0 saturated heterocycles. The van der Waals surface area contributed by atoms with Crippen molar-refractivity contribution < 1.29 is 0 Å². The molecule has 0 aromatic heterocycles. The van der Waals surface area contributed by atoms with Gasteiger partial charge in [0, 0.05) is 0 Å². The summed E-state index contributed by atoms with van der Waals surface area (Å²) in [4.78, 5) is 0. The van der Waals surface area contributed by atoms with Crippen LogP contribution < -0.4 is 0 Å². The molecule has 3 saturated carbocycles. The maximum atomic E-state index is 2.69. The summed E-state index contributed by atoms with van der Waals surface area (Å²) >= 11 is 0. The van der Waals surface area contributed by atoms with Crippen molar-refractivity contribution in [1.82, 2.24) is 0 Å². The topological polar surface area (TPSA) is 0 Å². The van der Waals surface area contributed by atoms with Gasteiger partial charge >= 0.3 is 146 Å². The molecule has 0 N–H and O–H groups in total. The summed E-state index contributed by atoms with van der Waals surface area (Å²) < 4.78 is 0. The number of rotatable bonds is 3. The third kappa shape index (κ3) is 3.54. The normalized spacial score (nSPS) is 28.0. The van der Waals surface area contributed by atoms with Crippen molar-refractivity contribution in [1.29, 1.82) is 0 Å². The molecular weight excluding hydrogens is 295 g/mol. The SMILES string of the molecule is CC(C)(C)[PH](C1CCCCC1)(C1CCCCC1)C1CCCCC1. The van der Waals surface area contributed by atoms with Crippen LogP contribution in [0.5, 0.6) is 0 Å². The zero-order valence-corrected chi connectivity index (χ0v) is 17.3.